The van der Waals surface area contributed by atoms with Crippen LogP contribution in [0.25, 0.3) is 0 Å². The number of hydrogen-bond acceptors (Lipinski definition) is 5. The molecule has 0 saturated heterocycles. The van der Waals surface area contributed by atoms with E-state index in [1.165, 1.54) is 12.8 Å². The number of anilines is 1. The summed E-state index contributed by atoms with van der Waals surface area (Å²) in [4.78, 5) is 23.7. The SMILES string of the molecule is C=CCOc1ccc(C(=O)N2CCc3ncnc(NC4CC4)c3CC2)cc1. The van der Waals surface area contributed by atoms with Crippen molar-refractivity contribution in [3.05, 3.63) is 60.1 Å². The lowest BCUT2D eigenvalue weighted by Crippen LogP contribution is -2.33. The van der Waals surface area contributed by atoms with E-state index in [4.69, 9.17) is 4.74 Å². The number of carbonyl (C=O) groups excluding carboxylic acids is 1. The highest BCUT2D eigenvalue weighted by Crippen LogP contribution is 2.28. The van der Waals surface area contributed by atoms with E-state index in [1.807, 2.05) is 29.2 Å². The van der Waals surface area contributed by atoms with Gasteiger partial charge < -0.3 is 15.0 Å². The predicted octanol–water partition coefficient (Wildman–Crippen LogP) is 2.86. The van der Waals surface area contributed by atoms with Crippen LogP contribution in [-0.2, 0) is 12.8 Å². The minimum Gasteiger partial charge on any atom is -0.490 e. The maximum absolute atomic E-state index is 12.9. The van der Waals surface area contributed by atoms with Gasteiger partial charge in [0, 0.05) is 36.7 Å². The fourth-order valence-electron chi connectivity index (χ4n) is 3.31. The number of ether oxygens (including phenoxy) is 1. The summed E-state index contributed by atoms with van der Waals surface area (Å²) >= 11 is 0. The third kappa shape index (κ3) is 4.10. The van der Waals surface area contributed by atoms with Gasteiger partial charge >= 0.3 is 0 Å². The summed E-state index contributed by atoms with van der Waals surface area (Å²) in [6.07, 6.45) is 7.26. The van der Waals surface area contributed by atoms with E-state index in [9.17, 15) is 4.79 Å². The van der Waals surface area contributed by atoms with Crippen LogP contribution >= 0.6 is 0 Å². The lowest BCUT2D eigenvalue weighted by atomic mass is 10.1. The van der Waals surface area contributed by atoms with Crippen LogP contribution in [0.2, 0.25) is 0 Å². The molecule has 6 heteroatoms. The van der Waals surface area contributed by atoms with Crippen LogP contribution < -0.4 is 10.1 Å². The number of hydrogen-bond donors (Lipinski definition) is 1. The average Bonchev–Trinajstić information content (AvgIpc) is 3.53. The normalized spacial score (nSPS) is 16.2. The third-order valence-electron chi connectivity index (χ3n) is 4.96. The Labute approximate surface area is 159 Å². The number of fused-ring (bicyclic) bond motifs is 1. The number of carbonyl (C=O) groups is 1. The molecule has 2 heterocycles. The second kappa shape index (κ2) is 7.78. The topological polar surface area (TPSA) is 67.3 Å². The van der Waals surface area contributed by atoms with Crippen molar-refractivity contribution < 1.29 is 9.53 Å². The summed E-state index contributed by atoms with van der Waals surface area (Å²) in [7, 11) is 0. The average molecular weight is 364 g/mol. The molecule has 6 nitrogen and oxygen atoms in total. The lowest BCUT2D eigenvalue weighted by Gasteiger charge is -2.20. The summed E-state index contributed by atoms with van der Waals surface area (Å²) in [6.45, 7) is 5.43. The Bertz CT molecular complexity index is 831. The van der Waals surface area contributed by atoms with Crippen molar-refractivity contribution in [1.82, 2.24) is 14.9 Å². The molecule has 2 aliphatic rings. The maximum Gasteiger partial charge on any atom is 0.253 e. The Balaban J connectivity index is 1.44. The quantitative estimate of drug-likeness (QED) is 0.799. The van der Waals surface area contributed by atoms with Gasteiger partial charge in [0.2, 0.25) is 0 Å². The van der Waals surface area contributed by atoms with Gasteiger partial charge in [-0.15, -0.1) is 0 Å². The van der Waals surface area contributed by atoms with E-state index in [2.05, 4.69) is 21.9 Å². The van der Waals surface area contributed by atoms with Crippen LogP contribution in [0.4, 0.5) is 5.82 Å². The second-order valence-electron chi connectivity index (χ2n) is 6.98. The van der Waals surface area contributed by atoms with Crippen molar-refractivity contribution in [1.29, 1.82) is 0 Å². The molecule has 1 aromatic carbocycles. The highest BCUT2D eigenvalue weighted by molar-refractivity contribution is 5.94. The van der Waals surface area contributed by atoms with Gasteiger partial charge in [0.05, 0.1) is 5.69 Å². The van der Waals surface area contributed by atoms with Crippen molar-refractivity contribution >= 4 is 11.7 Å². The molecule has 0 atom stereocenters. The van der Waals surface area contributed by atoms with E-state index < -0.39 is 0 Å². The summed E-state index contributed by atoms with van der Waals surface area (Å²) in [5.41, 5.74) is 2.89. The van der Waals surface area contributed by atoms with Gasteiger partial charge in [-0.2, -0.15) is 0 Å². The Morgan fingerprint density at radius 3 is 2.74 bits per heavy atom. The highest BCUT2D eigenvalue weighted by Gasteiger charge is 2.26. The van der Waals surface area contributed by atoms with Crippen molar-refractivity contribution in [3.8, 4) is 5.75 Å². The lowest BCUT2D eigenvalue weighted by molar-refractivity contribution is 0.0763. The second-order valence-corrected chi connectivity index (χ2v) is 6.98. The van der Waals surface area contributed by atoms with E-state index in [0.29, 0.717) is 31.3 Å². The van der Waals surface area contributed by atoms with Gasteiger partial charge in [-0.1, -0.05) is 12.7 Å². The summed E-state index contributed by atoms with van der Waals surface area (Å²) in [5, 5.41) is 3.50. The molecule has 0 bridgehead atoms. The number of amides is 1. The number of nitrogens with zero attached hydrogens (tertiary/aromatic N) is 3. The van der Waals surface area contributed by atoms with Crippen LogP contribution in [-0.4, -0.2) is 46.5 Å². The molecule has 2 aromatic rings. The van der Waals surface area contributed by atoms with Crippen LogP contribution in [0.3, 0.4) is 0 Å². The molecular formula is C21H24N4O2. The first-order valence-corrected chi connectivity index (χ1v) is 9.47. The van der Waals surface area contributed by atoms with Crippen molar-refractivity contribution in [2.45, 2.75) is 31.7 Å². The van der Waals surface area contributed by atoms with Gasteiger partial charge in [0.15, 0.2) is 0 Å². The number of rotatable bonds is 6. The van der Waals surface area contributed by atoms with Crippen LogP contribution in [0.1, 0.15) is 34.5 Å². The molecule has 0 unspecified atom stereocenters. The summed E-state index contributed by atoms with van der Waals surface area (Å²) in [5.74, 6) is 1.73. The van der Waals surface area contributed by atoms with Crippen molar-refractivity contribution in [2.24, 2.45) is 0 Å². The Morgan fingerprint density at radius 2 is 2.00 bits per heavy atom. The maximum atomic E-state index is 12.9. The molecule has 4 rings (SSSR count). The molecule has 1 fully saturated rings. The molecule has 1 aliphatic carbocycles. The first kappa shape index (κ1) is 17.5. The zero-order chi connectivity index (χ0) is 18.6. The fraction of sp³-hybridized carbons (Fsp3) is 0.381. The van der Waals surface area contributed by atoms with Crippen LogP contribution in [0.5, 0.6) is 5.75 Å². The Morgan fingerprint density at radius 1 is 1.22 bits per heavy atom. The molecular weight excluding hydrogens is 340 g/mol. The van der Waals surface area contributed by atoms with Crippen molar-refractivity contribution in [2.75, 3.05) is 25.0 Å². The monoisotopic (exact) mass is 364 g/mol. The first-order valence-electron chi connectivity index (χ1n) is 9.47. The zero-order valence-corrected chi connectivity index (χ0v) is 15.4. The fourth-order valence-corrected chi connectivity index (χ4v) is 3.31. The molecule has 27 heavy (non-hydrogen) atoms. The third-order valence-corrected chi connectivity index (χ3v) is 4.96. The molecule has 140 valence electrons. The zero-order valence-electron chi connectivity index (χ0n) is 15.4. The summed E-state index contributed by atoms with van der Waals surface area (Å²) in [6, 6.07) is 7.84. The standard InChI is InChI=1S/C21H24N4O2/c1-2-13-27-17-7-3-15(4-8-17)21(26)25-11-9-18-19(10-12-25)22-14-23-20(18)24-16-5-6-16/h2-4,7-8,14,16H,1,5-6,9-13H2,(H,22,23,24). The van der Waals surface area contributed by atoms with Gasteiger partial charge in [-0.3, -0.25) is 4.79 Å². The van der Waals surface area contributed by atoms with E-state index in [-0.39, 0.29) is 5.91 Å². The number of benzene rings is 1. The minimum absolute atomic E-state index is 0.0442. The Kier molecular flexibility index (Phi) is 5.05. The smallest absolute Gasteiger partial charge is 0.253 e. The van der Waals surface area contributed by atoms with Crippen LogP contribution in [0, 0.1) is 0 Å². The number of nitrogens with one attached hydrogen (secondary N) is 1. The van der Waals surface area contributed by atoms with E-state index in [1.54, 1.807) is 12.4 Å². The van der Waals surface area contributed by atoms with Gasteiger partial charge in [0.1, 0.15) is 24.5 Å². The summed E-state index contributed by atoms with van der Waals surface area (Å²) < 4.78 is 5.48. The van der Waals surface area contributed by atoms with E-state index >= 15 is 0 Å². The molecule has 1 aliphatic heterocycles. The predicted molar refractivity (Wildman–Crippen MR) is 104 cm³/mol. The van der Waals surface area contributed by atoms with Gasteiger partial charge in [-0.05, 0) is 43.5 Å². The number of aromatic nitrogens is 2. The van der Waals surface area contributed by atoms with Gasteiger partial charge in [-0.25, -0.2) is 9.97 Å². The molecule has 0 radical (unpaired) electrons. The first-order chi connectivity index (χ1) is 13.2. The Hall–Kier alpha value is -2.89. The minimum atomic E-state index is 0.0442. The van der Waals surface area contributed by atoms with Crippen LogP contribution in [0.15, 0.2) is 43.2 Å². The van der Waals surface area contributed by atoms with E-state index in [0.717, 1.165) is 35.7 Å². The molecule has 0 spiro atoms. The molecule has 1 aromatic heterocycles. The molecule has 1 N–H and O–H groups in total. The largest absolute Gasteiger partial charge is 0.490 e. The molecule has 1 amide bonds. The molecule has 1 saturated carbocycles. The van der Waals surface area contributed by atoms with Crippen molar-refractivity contribution in [3.63, 3.8) is 0 Å². The highest BCUT2D eigenvalue weighted by atomic mass is 16.5. The van der Waals surface area contributed by atoms with Gasteiger partial charge in [0.25, 0.3) is 5.91 Å².